The van der Waals surface area contributed by atoms with Crippen LogP contribution >= 0.6 is 0 Å². The first-order valence-electron chi connectivity index (χ1n) is 8.50. The molecule has 1 aliphatic heterocycles. The van der Waals surface area contributed by atoms with Crippen molar-refractivity contribution >= 4 is 5.69 Å². The molecule has 1 saturated heterocycles. The standard InChI is InChI=1S/C18H26FN5/c1-13(20-11-16-12-21-22-14(16)2)15-4-5-18(17(19)10-15)24-8-6-23(3)7-9-24/h4-5,10,12-13,20H,6-9,11H2,1-3H3,(H,21,22). The minimum absolute atomic E-state index is 0.0790. The summed E-state index contributed by atoms with van der Waals surface area (Å²) in [5.74, 6) is -0.134. The Morgan fingerprint density at radius 2 is 2.04 bits per heavy atom. The number of benzene rings is 1. The molecule has 0 bridgehead atoms. The lowest BCUT2D eigenvalue weighted by atomic mass is 10.1. The molecule has 0 saturated carbocycles. The average molecular weight is 331 g/mol. The molecule has 6 heteroatoms. The highest BCUT2D eigenvalue weighted by atomic mass is 19.1. The van der Waals surface area contributed by atoms with E-state index in [2.05, 4.69) is 39.3 Å². The summed E-state index contributed by atoms with van der Waals surface area (Å²) >= 11 is 0. The number of nitrogens with one attached hydrogen (secondary N) is 2. The molecular weight excluding hydrogens is 305 g/mol. The van der Waals surface area contributed by atoms with Gasteiger partial charge in [0.05, 0.1) is 11.9 Å². The highest BCUT2D eigenvalue weighted by Crippen LogP contribution is 2.24. The number of likely N-dealkylation sites (N-methyl/N-ethyl adjacent to an activating group) is 1. The van der Waals surface area contributed by atoms with Crippen molar-refractivity contribution in [1.82, 2.24) is 20.4 Å². The second kappa shape index (κ2) is 7.32. The molecule has 0 amide bonds. The third kappa shape index (κ3) is 3.76. The van der Waals surface area contributed by atoms with E-state index in [-0.39, 0.29) is 11.9 Å². The van der Waals surface area contributed by atoms with E-state index in [1.165, 1.54) is 0 Å². The van der Waals surface area contributed by atoms with Crippen LogP contribution in [0.5, 0.6) is 0 Å². The van der Waals surface area contributed by atoms with Crippen LogP contribution in [0.3, 0.4) is 0 Å². The van der Waals surface area contributed by atoms with Crippen molar-refractivity contribution in [2.24, 2.45) is 0 Å². The molecule has 2 N–H and O–H groups in total. The van der Waals surface area contributed by atoms with E-state index in [1.807, 2.05) is 25.3 Å². The van der Waals surface area contributed by atoms with Crippen molar-refractivity contribution in [2.45, 2.75) is 26.4 Å². The topological polar surface area (TPSA) is 47.2 Å². The lowest BCUT2D eigenvalue weighted by molar-refractivity contribution is 0.311. The zero-order chi connectivity index (χ0) is 17.1. The molecule has 2 heterocycles. The number of halogens is 1. The highest BCUT2D eigenvalue weighted by molar-refractivity contribution is 5.50. The third-order valence-electron chi connectivity index (χ3n) is 4.85. The molecule has 5 nitrogen and oxygen atoms in total. The van der Waals surface area contributed by atoms with Gasteiger partial charge < -0.3 is 15.1 Å². The van der Waals surface area contributed by atoms with Crippen LogP contribution in [-0.2, 0) is 6.54 Å². The van der Waals surface area contributed by atoms with Gasteiger partial charge in [-0.15, -0.1) is 0 Å². The predicted molar refractivity (Wildman–Crippen MR) is 94.7 cm³/mol. The smallest absolute Gasteiger partial charge is 0.146 e. The molecular formula is C18H26FN5. The van der Waals surface area contributed by atoms with Crippen LogP contribution < -0.4 is 10.2 Å². The normalized spacial score (nSPS) is 17.2. The Kier molecular flexibility index (Phi) is 5.16. The number of rotatable bonds is 5. The minimum atomic E-state index is -0.134. The first-order chi connectivity index (χ1) is 11.5. The van der Waals surface area contributed by atoms with Gasteiger partial charge in [-0.05, 0) is 38.6 Å². The van der Waals surface area contributed by atoms with Gasteiger partial charge in [0.15, 0.2) is 0 Å². The summed E-state index contributed by atoms with van der Waals surface area (Å²) in [4.78, 5) is 4.40. The maximum absolute atomic E-state index is 14.6. The molecule has 1 unspecified atom stereocenters. The zero-order valence-corrected chi connectivity index (χ0v) is 14.6. The fourth-order valence-electron chi connectivity index (χ4n) is 3.03. The van der Waals surface area contributed by atoms with Gasteiger partial charge in [-0.1, -0.05) is 6.07 Å². The van der Waals surface area contributed by atoms with Crippen LogP contribution in [0.1, 0.15) is 29.8 Å². The van der Waals surface area contributed by atoms with Gasteiger partial charge in [-0.25, -0.2) is 4.39 Å². The van der Waals surface area contributed by atoms with Gasteiger partial charge >= 0.3 is 0 Å². The van der Waals surface area contributed by atoms with Crippen molar-refractivity contribution in [1.29, 1.82) is 0 Å². The molecule has 24 heavy (non-hydrogen) atoms. The van der Waals surface area contributed by atoms with E-state index in [4.69, 9.17) is 0 Å². The fourth-order valence-corrected chi connectivity index (χ4v) is 3.03. The first-order valence-corrected chi connectivity index (χ1v) is 8.50. The number of aryl methyl sites for hydroxylation is 1. The number of H-pyrrole nitrogens is 1. The molecule has 0 spiro atoms. The largest absolute Gasteiger partial charge is 0.367 e. The van der Waals surface area contributed by atoms with Crippen LogP contribution in [0.15, 0.2) is 24.4 Å². The van der Waals surface area contributed by atoms with Crippen LogP contribution in [0.25, 0.3) is 0 Å². The van der Waals surface area contributed by atoms with Gasteiger partial charge in [-0.3, -0.25) is 5.10 Å². The van der Waals surface area contributed by atoms with Gasteiger partial charge in [-0.2, -0.15) is 5.10 Å². The number of hydrogen-bond acceptors (Lipinski definition) is 4. The minimum Gasteiger partial charge on any atom is -0.367 e. The van der Waals surface area contributed by atoms with Gasteiger partial charge in [0, 0.05) is 50.0 Å². The monoisotopic (exact) mass is 331 g/mol. The molecule has 1 aliphatic rings. The predicted octanol–water partition coefficient (Wildman–Crippen LogP) is 2.46. The molecule has 1 fully saturated rings. The number of piperazine rings is 1. The van der Waals surface area contributed by atoms with E-state index in [1.54, 1.807) is 6.07 Å². The van der Waals surface area contributed by atoms with Crippen LogP contribution in [0.4, 0.5) is 10.1 Å². The molecule has 2 aromatic rings. The molecule has 1 atom stereocenters. The number of hydrogen-bond donors (Lipinski definition) is 2. The molecule has 130 valence electrons. The Balaban J connectivity index is 1.64. The van der Waals surface area contributed by atoms with E-state index < -0.39 is 0 Å². The Morgan fingerprint density at radius 1 is 1.29 bits per heavy atom. The maximum atomic E-state index is 14.6. The molecule has 0 aliphatic carbocycles. The lowest BCUT2D eigenvalue weighted by Crippen LogP contribution is -2.44. The number of aromatic nitrogens is 2. The summed E-state index contributed by atoms with van der Waals surface area (Å²) in [5, 5.41) is 10.4. The van der Waals surface area contributed by atoms with Gasteiger partial charge in [0.1, 0.15) is 5.82 Å². The van der Waals surface area contributed by atoms with Crippen LogP contribution in [-0.4, -0.2) is 48.3 Å². The quantitative estimate of drug-likeness (QED) is 0.884. The summed E-state index contributed by atoms with van der Waals surface area (Å²) in [6, 6.07) is 5.68. The molecule has 3 rings (SSSR count). The first kappa shape index (κ1) is 16.9. The summed E-state index contributed by atoms with van der Waals surface area (Å²) in [5.41, 5.74) is 3.87. The SMILES string of the molecule is Cc1[nH]ncc1CNC(C)c1ccc(N2CCN(C)CC2)c(F)c1. The van der Waals surface area contributed by atoms with Crippen molar-refractivity contribution in [3.05, 3.63) is 47.0 Å². The van der Waals surface area contributed by atoms with E-state index in [9.17, 15) is 4.39 Å². The van der Waals surface area contributed by atoms with Crippen molar-refractivity contribution in [3.63, 3.8) is 0 Å². The van der Waals surface area contributed by atoms with Crippen molar-refractivity contribution in [3.8, 4) is 0 Å². The van der Waals surface area contributed by atoms with Crippen LogP contribution in [0, 0.1) is 12.7 Å². The second-order valence-electron chi connectivity index (χ2n) is 6.62. The van der Waals surface area contributed by atoms with E-state index in [0.717, 1.165) is 43.0 Å². The number of aromatic amines is 1. The fraction of sp³-hybridized carbons (Fsp3) is 0.500. The van der Waals surface area contributed by atoms with Crippen LogP contribution in [0.2, 0.25) is 0 Å². The Bertz CT molecular complexity index is 676. The van der Waals surface area contributed by atoms with Gasteiger partial charge in [0.2, 0.25) is 0 Å². The van der Waals surface area contributed by atoms with Gasteiger partial charge in [0.25, 0.3) is 0 Å². The maximum Gasteiger partial charge on any atom is 0.146 e. The Labute approximate surface area is 142 Å². The number of anilines is 1. The molecule has 1 aromatic heterocycles. The van der Waals surface area contributed by atoms with E-state index in [0.29, 0.717) is 12.2 Å². The number of nitrogens with zero attached hydrogens (tertiary/aromatic N) is 3. The molecule has 0 radical (unpaired) electrons. The molecule has 1 aromatic carbocycles. The average Bonchev–Trinajstić information content (AvgIpc) is 2.98. The van der Waals surface area contributed by atoms with Crippen molar-refractivity contribution in [2.75, 3.05) is 38.1 Å². The Hall–Kier alpha value is -1.92. The highest BCUT2D eigenvalue weighted by Gasteiger charge is 2.18. The van der Waals surface area contributed by atoms with E-state index >= 15 is 0 Å². The summed E-state index contributed by atoms with van der Waals surface area (Å²) in [6.07, 6.45) is 1.83. The Morgan fingerprint density at radius 3 is 2.67 bits per heavy atom. The summed E-state index contributed by atoms with van der Waals surface area (Å²) < 4.78 is 14.6. The van der Waals surface area contributed by atoms with Crippen molar-refractivity contribution < 1.29 is 4.39 Å². The second-order valence-corrected chi connectivity index (χ2v) is 6.62. The zero-order valence-electron chi connectivity index (χ0n) is 14.6. The summed E-state index contributed by atoms with van der Waals surface area (Å²) in [6.45, 7) is 8.47. The lowest BCUT2D eigenvalue weighted by Gasteiger charge is -2.34. The summed E-state index contributed by atoms with van der Waals surface area (Å²) in [7, 11) is 2.10. The third-order valence-corrected chi connectivity index (χ3v) is 4.85.